The molecule has 0 aliphatic rings. The lowest BCUT2D eigenvalue weighted by Crippen LogP contribution is -1.95. The minimum absolute atomic E-state index is 0.937. The van der Waals surface area contributed by atoms with E-state index >= 15 is 0 Å². The van der Waals surface area contributed by atoms with Gasteiger partial charge in [-0.05, 0) is 38.0 Å². The van der Waals surface area contributed by atoms with E-state index in [-0.39, 0.29) is 0 Å². The quantitative estimate of drug-likeness (QED) is 0.108. The van der Waals surface area contributed by atoms with E-state index in [2.05, 4.69) is 39.8 Å². The smallest absolute Gasteiger partial charge is 0.0351 e. The molecule has 0 amide bonds. The third-order valence-electron chi connectivity index (χ3n) is 6.74. The summed E-state index contributed by atoms with van der Waals surface area (Å²) < 4.78 is 0. The van der Waals surface area contributed by atoms with E-state index in [0.29, 0.717) is 0 Å². The lowest BCUT2D eigenvalue weighted by molar-refractivity contribution is 0.428. The molecule has 0 aliphatic heterocycles. The van der Waals surface area contributed by atoms with E-state index in [1.807, 2.05) is 0 Å². The summed E-state index contributed by atoms with van der Waals surface area (Å²) in [6.45, 7) is 12.7. The normalized spacial score (nSPS) is 13.9. The van der Waals surface area contributed by atoms with Crippen molar-refractivity contribution in [1.29, 1.82) is 0 Å². The predicted molar refractivity (Wildman–Crippen MR) is 140 cm³/mol. The largest absolute Gasteiger partial charge is 0.0885 e. The van der Waals surface area contributed by atoms with Gasteiger partial charge in [0, 0.05) is 0 Å². The summed E-state index contributed by atoms with van der Waals surface area (Å²) in [6, 6.07) is 0. The summed E-state index contributed by atoms with van der Waals surface area (Å²) >= 11 is 0. The van der Waals surface area contributed by atoms with E-state index in [0.717, 1.165) is 24.7 Å². The third kappa shape index (κ3) is 24.0. The van der Waals surface area contributed by atoms with Crippen LogP contribution in [0.2, 0.25) is 0 Å². The maximum atomic E-state index is 3.93. The highest BCUT2D eigenvalue weighted by molar-refractivity contribution is 4.81. The van der Waals surface area contributed by atoms with Gasteiger partial charge in [-0.2, -0.15) is 0 Å². The van der Waals surface area contributed by atoms with Gasteiger partial charge >= 0.3 is 0 Å². The molecule has 2 radical (unpaired) electrons. The minimum atomic E-state index is 0.937. The molecule has 0 rings (SSSR count). The van der Waals surface area contributed by atoms with Gasteiger partial charge in [0.1, 0.15) is 0 Å². The molecule has 0 N–H and O–H groups in total. The number of hydrogen-bond acceptors (Lipinski definition) is 0. The van der Waals surface area contributed by atoms with Crippen LogP contribution in [-0.4, -0.2) is 0 Å². The first-order valence-electron chi connectivity index (χ1n) is 13.9. The van der Waals surface area contributed by atoms with Crippen molar-refractivity contribution in [3.63, 3.8) is 0 Å². The molecule has 0 aromatic heterocycles. The Morgan fingerprint density at radius 1 is 0.467 bits per heavy atom. The first-order valence-corrected chi connectivity index (χ1v) is 13.9. The predicted octanol–water partition coefficient (Wildman–Crippen LogP) is 11.1. The first-order chi connectivity index (χ1) is 14.7. The highest BCUT2D eigenvalue weighted by atomic mass is 14.1. The molecule has 2 unspecified atom stereocenters. The maximum Gasteiger partial charge on any atom is -0.0351 e. The molecule has 0 heterocycles. The molecular formula is C30H58. The van der Waals surface area contributed by atoms with Gasteiger partial charge in [-0.1, -0.05) is 155 Å². The van der Waals surface area contributed by atoms with Gasteiger partial charge in [0.25, 0.3) is 0 Å². The molecule has 0 heteroatoms. The van der Waals surface area contributed by atoms with Crippen LogP contribution in [0.3, 0.4) is 0 Å². The number of hydrogen-bond donors (Lipinski definition) is 0. The Morgan fingerprint density at radius 3 is 1.23 bits per heavy atom. The average molecular weight is 419 g/mol. The van der Waals surface area contributed by atoms with Crippen LogP contribution in [0.25, 0.3) is 0 Å². The van der Waals surface area contributed by atoms with E-state index in [4.69, 9.17) is 0 Å². The van der Waals surface area contributed by atoms with Crippen molar-refractivity contribution in [2.45, 2.75) is 155 Å². The summed E-state index contributed by atoms with van der Waals surface area (Å²) in [6.07, 6.45) is 35.1. The zero-order chi connectivity index (χ0) is 22.1. The van der Waals surface area contributed by atoms with E-state index in [1.54, 1.807) is 0 Å². The van der Waals surface area contributed by atoms with Crippen LogP contribution in [0, 0.1) is 25.7 Å². The summed E-state index contributed by atoms with van der Waals surface area (Å²) in [5, 5.41) is 0. The number of unbranched alkanes of at least 4 members (excludes halogenated alkanes) is 14. The van der Waals surface area contributed by atoms with Crippen LogP contribution >= 0.6 is 0 Å². The van der Waals surface area contributed by atoms with E-state index in [9.17, 15) is 0 Å². The molecule has 0 spiro atoms. The van der Waals surface area contributed by atoms with Crippen LogP contribution in [0.15, 0.2) is 12.2 Å². The van der Waals surface area contributed by atoms with Crippen LogP contribution in [0.5, 0.6) is 0 Å². The maximum absolute atomic E-state index is 3.93. The van der Waals surface area contributed by atoms with Crippen molar-refractivity contribution >= 4 is 0 Å². The second-order valence-corrected chi connectivity index (χ2v) is 10.1. The summed E-state index contributed by atoms with van der Waals surface area (Å²) in [4.78, 5) is 0. The SMILES string of the molecule is [CH2]C/C=C/CCCCCC(C)CCCCCCCCCCCC(C)CCCCC[CH2]. The van der Waals surface area contributed by atoms with Crippen LogP contribution in [-0.2, 0) is 0 Å². The average Bonchev–Trinajstić information content (AvgIpc) is 2.74. The Hall–Kier alpha value is -0.260. The van der Waals surface area contributed by atoms with Crippen molar-refractivity contribution in [3.05, 3.63) is 26.0 Å². The highest BCUT2D eigenvalue weighted by Crippen LogP contribution is 2.20. The molecule has 0 aromatic carbocycles. The topological polar surface area (TPSA) is 0 Å². The van der Waals surface area contributed by atoms with Crippen LogP contribution in [0.1, 0.15) is 155 Å². The summed E-state index contributed by atoms with van der Waals surface area (Å²) in [5.74, 6) is 1.88. The molecule has 0 bridgehead atoms. The molecule has 0 nitrogen and oxygen atoms in total. The van der Waals surface area contributed by atoms with Gasteiger partial charge in [-0.25, -0.2) is 0 Å². The molecule has 0 saturated carbocycles. The fourth-order valence-corrected chi connectivity index (χ4v) is 4.53. The van der Waals surface area contributed by atoms with Crippen molar-refractivity contribution in [2.24, 2.45) is 11.8 Å². The zero-order valence-corrected chi connectivity index (χ0v) is 21.3. The van der Waals surface area contributed by atoms with Gasteiger partial charge in [-0.3, -0.25) is 0 Å². The fraction of sp³-hybridized carbons (Fsp3) is 0.867. The molecular weight excluding hydrogens is 360 g/mol. The molecule has 30 heavy (non-hydrogen) atoms. The number of rotatable bonds is 24. The van der Waals surface area contributed by atoms with Crippen molar-refractivity contribution < 1.29 is 0 Å². The molecule has 0 aromatic rings. The first kappa shape index (κ1) is 29.7. The zero-order valence-electron chi connectivity index (χ0n) is 21.3. The Labute approximate surface area is 193 Å². The van der Waals surface area contributed by atoms with Crippen molar-refractivity contribution in [2.75, 3.05) is 0 Å². The lowest BCUT2D eigenvalue weighted by atomic mass is 9.95. The van der Waals surface area contributed by atoms with Crippen molar-refractivity contribution in [3.8, 4) is 0 Å². The molecule has 0 saturated heterocycles. The second-order valence-electron chi connectivity index (χ2n) is 10.1. The van der Waals surface area contributed by atoms with Gasteiger partial charge in [0.2, 0.25) is 0 Å². The van der Waals surface area contributed by atoms with E-state index in [1.165, 1.54) is 128 Å². The summed E-state index contributed by atoms with van der Waals surface area (Å²) in [5.41, 5.74) is 0. The summed E-state index contributed by atoms with van der Waals surface area (Å²) in [7, 11) is 0. The molecule has 178 valence electrons. The monoisotopic (exact) mass is 418 g/mol. The molecule has 0 fully saturated rings. The van der Waals surface area contributed by atoms with Gasteiger partial charge in [0.05, 0.1) is 0 Å². The van der Waals surface area contributed by atoms with Crippen molar-refractivity contribution in [1.82, 2.24) is 0 Å². The molecule has 2 atom stereocenters. The van der Waals surface area contributed by atoms with Gasteiger partial charge in [0.15, 0.2) is 0 Å². The number of allylic oxidation sites excluding steroid dienone is 2. The Bertz CT molecular complexity index is 329. The minimum Gasteiger partial charge on any atom is -0.0885 e. The Balaban J connectivity index is 3.22. The molecule has 0 aliphatic carbocycles. The third-order valence-corrected chi connectivity index (χ3v) is 6.74. The van der Waals surface area contributed by atoms with E-state index < -0.39 is 0 Å². The van der Waals surface area contributed by atoms with Gasteiger partial charge < -0.3 is 0 Å². The Morgan fingerprint density at radius 2 is 0.833 bits per heavy atom. The fourth-order valence-electron chi connectivity index (χ4n) is 4.53. The van der Waals surface area contributed by atoms with Crippen LogP contribution < -0.4 is 0 Å². The van der Waals surface area contributed by atoms with Crippen LogP contribution in [0.4, 0.5) is 0 Å². The standard InChI is InChI=1S/C30H58/c1-5-7-9-11-15-18-22-27-30(4)28-24-20-17-14-12-13-16-19-23-26-29(3)25-21-10-8-6-2/h7,9,29-30H,1-2,5-6,8,10-28H2,3-4H3/b9-7+. The Kier molecular flexibility index (Phi) is 24.8. The lowest BCUT2D eigenvalue weighted by Gasteiger charge is -2.11. The van der Waals surface area contributed by atoms with Gasteiger partial charge in [-0.15, -0.1) is 0 Å². The highest BCUT2D eigenvalue weighted by Gasteiger charge is 2.03. The second kappa shape index (κ2) is 25.0.